The summed E-state index contributed by atoms with van der Waals surface area (Å²) in [4.78, 5) is 0. The van der Waals surface area contributed by atoms with Crippen LogP contribution in [0.5, 0.6) is 0 Å². The Hall–Kier alpha value is -0.210. The molecule has 0 aromatic heterocycles. The van der Waals surface area contributed by atoms with Crippen LogP contribution >= 0.6 is 7.14 Å². The molecule has 1 saturated heterocycles. The van der Waals surface area contributed by atoms with Gasteiger partial charge in [-0.05, 0) is 18.5 Å². The van der Waals surface area contributed by atoms with Crippen LogP contribution in [0.1, 0.15) is 13.8 Å². The highest BCUT2D eigenvalue weighted by Crippen LogP contribution is 2.52. The minimum Gasteiger partial charge on any atom is -0.324 e. The first kappa shape index (κ1) is 9.87. The van der Waals surface area contributed by atoms with Crippen LogP contribution in [0.2, 0.25) is 0 Å². The molecular formula is C10H17OP. The molecule has 0 spiro atoms. The van der Waals surface area contributed by atoms with Gasteiger partial charge in [0.2, 0.25) is 0 Å². The maximum atomic E-state index is 11.8. The molecule has 0 aliphatic carbocycles. The van der Waals surface area contributed by atoms with Crippen molar-refractivity contribution in [1.29, 1.82) is 0 Å². The predicted octanol–water partition coefficient (Wildman–Crippen LogP) is 2.51. The van der Waals surface area contributed by atoms with Gasteiger partial charge in [0.25, 0.3) is 0 Å². The zero-order valence-electron chi connectivity index (χ0n) is 8.08. The van der Waals surface area contributed by atoms with Crippen LogP contribution in [0.15, 0.2) is 0 Å². The lowest BCUT2D eigenvalue weighted by Gasteiger charge is -2.34. The number of terminal acetylenes is 1. The smallest absolute Gasteiger partial charge is 0.0854 e. The van der Waals surface area contributed by atoms with Gasteiger partial charge in [0, 0.05) is 18.2 Å². The average Bonchev–Trinajstić information content (AvgIpc) is 1.82. The van der Waals surface area contributed by atoms with Crippen molar-refractivity contribution in [3.8, 4) is 12.3 Å². The summed E-state index contributed by atoms with van der Waals surface area (Å²) in [5, 5.41) is 0. The van der Waals surface area contributed by atoms with E-state index in [0.29, 0.717) is 17.8 Å². The van der Waals surface area contributed by atoms with Gasteiger partial charge in [-0.2, -0.15) is 0 Å². The highest BCUT2D eigenvalue weighted by atomic mass is 31.2. The van der Waals surface area contributed by atoms with E-state index in [-0.39, 0.29) is 0 Å². The predicted molar refractivity (Wildman–Crippen MR) is 53.9 cm³/mol. The van der Waals surface area contributed by atoms with Crippen molar-refractivity contribution in [2.24, 2.45) is 17.8 Å². The van der Waals surface area contributed by atoms with Crippen LogP contribution in [0.3, 0.4) is 0 Å². The third-order valence-corrected chi connectivity index (χ3v) is 5.46. The third-order valence-electron chi connectivity index (χ3n) is 2.77. The summed E-state index contributed by atoms with van der Waals surface area (Å²) >= 11 is 0. The van der Waals surface area contributed by atoms with E-state index in [2.05, 4.69) is 19.8 Å². The topological polar surface area (TPSA) is 17.1 Å². The maximum absolute atomic E-state index is 11.8. The van der Waals surface area contributed by atoms with Crippen molar-refractivity contribution < 1.29 is 4.57 Å². The molecule has 2 atom stereocenters. The van der Waals surface area contributed by atoms with Gasteiger partial charge in [0.15, 0.2) is 0 Å². The van der Waals surface area contributed by atoms with Crippen molar-refractivity contribution in [1.82, 2.24) is 0 Å². The van der Waals surface area contributed by atoms with E-state index in [4.69, 9.17) is 6.42 Å². The quantitative estimate of drug-likeness (QED) is 0.417. The van der Waals surface area contributed by atoms with Crippen molar-refractivity contribution in [3.05, 3.63) is 0 Å². The summed E-state index contributed by atoms with van der Waals surface area (Å²) in [6.45, 7) is 6.15. The Labute approximate surface area is 75.3 Å². The normalized spacial score (nSPS) is 48.3. The Bertz CT molecular complexity index is 235. The Morgan fingerprint density at radius 2 is 1.75 bits per heavy atom. The Morgan fingerprint density at radius 3 is 2.08 bits per heavy atom. The second kappa shape index (κ2) is 3.27. The van der Waals surface area contributed by atoms with E-state index in [1.165, 1.54) is 0 Å². The molecule has 0 bridgehead atoms. The van der Waals surface area contributed by atoms with E-state index in [1.54, 1.807) is 0 Å². The molecule has 1 aliphatic rings. The average molecular weight is 184 g/mol. The molecular weight excluding hydrogens is 167 g/mol. The summed E-state index contributed by atoms with van der Waals surface area (Å²) in [6, 6.07) is 0. The first-order valence-corrected chi connectivity index (χ1v) is 7.00. The molecule has 0 amide bonds. The first-order chi connectivity index (χ1) is 5.46. The van der Waals surface area contributed by atoms with Crippen LogP contribution in [0.4, 0.5) is 0 Å². The second-order valence-corrected chi connectivity index (χ2v) is 7.63. The van der Waals surface area contributed by atoms with Gasteiger partial charge >= 0.3 is 0 Å². The Balaban J connectivity index is 2.79. The van der Waals surface area contributed by atoms with E-state index in [0.717, 1.165) is 12.3 Å². The van der Waals surface area contributed by atoms with E-state index in [1.807, 2.05) is 6.66 Å². The van der Waals surface area contributed by atoms with Gasteiger partial charge in [-0.3, -0.25) is 0 Å². The Morgan fingerprint density at radius 1 is 1.33 bits per heavy atom. The molecule has 1 rings (SSSR count). The lowest BCUT2D eigenvalue weighted by atomic mass is 9.86. The molecule has 1 nitrogen and oxygen atoms in total. The summed E-state index contributed by atoms with van der Waals surface area (Å²) < 4.78 is 11.8. The molecule has 1 fully saturated rings. The van der Waals surface area contributed by atoms with Gasteiger partial charge < -0.3 is 4.57 Å². The lowest BCUT2D eigenvalue weighted by molar-refractivity contribution is 0.350. The molecule has 2 unspecified atom stereocenters. The molecule has 0 aromatic rings. The second-order valence-electron chi connectivity index (χ2n) is 4.31. The van der Waals surface area contributed by atoms with Crippen molar-refractivity contribution in [2.45, 2.75) is 13.8 Å². The third kappa shape index (κ3) is 1.93. The van der Waals surface area contributed by atoms with E-state index in [9.17, 15) is 4.57 Å². The fourth-order valence-electron chi connectivity index (χ4n) is 2.41. The van der Waals surface area contributed by atoms with Gasteiger partial charge in [0.05, 0.1) is 7.14 Å². The number of hydrogen-bond donors (Lipinski definition) is 0. The minimum absolute atomic E-state index is 0.340. The largest absolute Gasteiger partial charge is 0.324 e. The van der Waals surface area contributed by atoms with Crippen molar-refractivity contribution >= 4 is 7.14 Å². The minimum atomic E-state index is -1.84. The number of hydrogen-bond acceptors (Lipinski definition) is 1. The highest BCUT2D eigenvalue weighted by Gasteiger charge is 2.35. The van der Waals surface area contributed by atoms with Gasteiger partial charge in [-0.25, -0.2) is 0 Å². The van der Waals surface area contributed by atoms with Crippen LogP contribution in [0, 0.1) is 30.1 Å². The fourth-order valence-corrected chi connectivity index (χ4v) is 5.45. The molecule has 0 N–H and O–H groups in total. The molecule has 2 heteroatoms. The van der Waals surface area contributed by atoms with Crippen LogP contribution in [0.25, 0.3) is 0 Å². The summed E-state index contributed by atoms with van der Waals surface area (Å²) in [6.07, 6.45) is 7.11. The standard InChI is InChI=1S/C10H17OP/c1-5-10-8(2)6-12(4,11)7-9(10)3/h1,8-10H,6-7H2,2-4H3. The molecule has 1 heterocycles. The maximum Gasteiger partial charge on any atom is 0.0854 e. The summed E-state index contributed by atoms with van der Waals surface area (Å²) in [7, 11) is -1.84. The van der Waals surface area contributed by atoms with Crippen LogP contribution in [-0.4, -0.2) is 19.0 Å². The fraction of sp³-hybridized carbons (Fsp3) is 0.800. The molecule has 12 heavy (non-hydrogen) atoms. The number of rotatable bonds is 0. The molecule has 0 radical (unpaired) electrons. The summed E-state index contributed by atoms with van der Waals surface area (Å²) in [5.74, 6) is 4.04. The van der Waals surface area contributed by atoms with Crippen molar-refractivity contribution in [2.75, 3.05) is 19.0 Å². The van der Waals surface area contributed by atoms with Crippen LogP contribution < -0.4 is 0 Å². The van der Waals surface area contributed by atoms with Crippen LogP contribution in [-0.2, 0) is 4.57 Å². The zero-order valence-corrected chi connectivity index (χ0v) is 8.97. The zero-order chi connectivity index (χ0) is 9.35. The van der Waals surface area contributed by atoms with Crippen molar-refractivity contribution in [3.63, 3.8) is 0 Å². The van der Waals surface area contributed by atoms with Gasteiger partial charge in [-0.1, -0.05) is 13.8 Å². The highest BCUT2D eigenvalue weighted by molar-refractivity contribution is 7.63. The first-order valence-electron chi connectivity index (χ1n) is 4.48. The SMILES string of the molecule is C#CC1C(C)CP(C)(=O)CC1C. The lowest BCUT2D eigenvalue weighted by Crippen LogP contribution is -2.29. The van der Waals surface area contributed by atoms with E-state index < -0.39 is 7.14 Å². The van der Waals surface area contributed by atoms with Gasteiger partial charge in [-0.15, -0.1) is 12.3 Å². The monoisotopic (exact) mass is 184 g/mol. The summed E-state index contributed by atoms with van der Waals surface area (Å²) in [5.41, 5.74) is 0. The molecule has 1 aliphatic heterocycles. The van der Waals surface area contributed by atoms with E-state index >= 15 is 0 Å². The van der Waals surface area contributed by atoms with Gasteiger partial charge in [0.1, 0.15) is 0 Å². The molecule has 0 aromatic carbocycles. The molecule has 68 valence electrons. The Kier molecular flexibility index (Phi) is 2.69. The molecule has 0 saturated carbocycles.